The average Bonchev–Trinajstić information content (AvgIpc) is 3.44. The summed E-state index contributed by atoms with van der Waals surface area (Å²) in [5.41, 5.74) is 2.04. The first-order chi connectivity index (χ1) is 14.7. The summed E-state index contributed by atoms with van der Waals surface area (Å²) in [7, 11) is 1.55. The van der Waals surface area contributed by atoms with Crippen molar-refractivity contribution in [2.45, 2.75) is 24.8 Å². The third-order valence-corrected chi connectivity index (χ3v) is 7.17. The van der Waals surface area contributed by atoms with Gasteiger partial charge in [-0.25, -0.2) is 4.98 Å². The third-order valence-electron chi connectivity index (χ3n) is 6.26. The smallest absolute Gasteiger partial charge is 0.248 e. The Balaban J connectivity index is 1.17. The first-order valence-corrected chi connectivity index (χ1v) is 11.2. The topological polar surface area (TPSA) is 108 Å². The number of aromatic amines is 1. The number of carbonyl (C=O) groups excluding carboxylic acids is 1. The molecule has 2 atom stereocenters. The van der Waals surface area contributed by atoms with Gasteiger partial charge in [-0.15, -0.1) is 11.3 Å². The van der Waals surface area contributed by atoms with E-state index in [0.717, 1.165) is 40.6 Å². The van der Waals surface area contributed by atoms with E-state index in [2.05, 4.69) is 26.9 Å². The maximum Gasteiger partial charge on any atom is 0.248 e. The lowest BCUT2D eigenvalue weighted by Crippen LogP contribution is -2.36. The lowest BCUT2D eigenvalue weighted by molar-refractivity contribution is -0.134. The Morgan fingerprint density at radius 3 is 2.93 bits per heavy atom. The van der Waals surface area contributed by atoms with E-state index in [1.165, 1.54) is 12.8 Å². The molecule has 2 aliphatic carbocycles. The van der Waals surface area contributed by atoms with Gasteiger partial charge >= 0.3 is 0 Å². The van der Waals surface area contributed by atoms with Gasteiger partial charge in [-0.05, 0) is 24.3 Å². The number of hydrogen-bond acceptors (Lipinski definition) is 8. The maximum atomic E-state index is 12.0. The molecule has 2 unspecified atom stereocenters. The highest BCUT2D eigenvalue weighted by Crippen LogP contribution is 2.47. The van der Waals surface area contributed by atoms with E-state index in [9.17, 15) is 4.79 Å². The first-order valence-electron chi connectivity index (χ1n) is 10.3. The van der Waals surface area contributed by atoms with Crippen molar-refractivity contribution in [2.24, 2.45) is 11.8 Å². The van der Waals surface area contributed by atoms with Gasteiger partial charge in [0.25, 0.3) is 0 Å². The van der Waals surface area contributed by atoms with Crippen molar-refractivity contribution in [3.8, 4) is 0 Å². The second kappa shape index (κ2) is 6.92. The number of fused-ring (bicyclic) bond motifs is 2. The van der Waals surface area contributed by atoms with Gasteiger partial charge in [0, 0.05) is 50.1 Å². The molecule has 3 aliphatic rings. The molecular weight excluding hydrogens is 402 g/mol. The van der Waals surface area contributed by atoms with Gasteiger partial charge in [0.15, 0.2) is 5.82 Å². The Labute approximate surface area is 177 Å². The zero-order valence-corrected chi connectivity index (χ0v) is 17.4. The van der Waals surface area contributed by atoms with E-state index in [1.54, 1.807) is 18.4 Å². The number of ether oxygens (including phenoxy) is 1. The number of amides is 1. The molecule has 3 aromatic heterocycles. The highest BCUT2D eigenvalue weighted by molar-refractivity contribution is 7.17. The number of H-pyrrole nitrogens is 1. The number of rotatable bonds is 7. The molecule has 30 heavy (non-hydrogen) atoms. The van der Waals surface area contributed by atoms with Crippen molar-refractivity contribution in [3.63, 3.8) is 0 Å². The second-order valence-electron chi connectivity index (χ2n) is 8.37. The predicted molar refractivity (Wildman–Crippen MR) is 114 cm³/mol. The van der Waals surface area contributed by atoms with Gasteiger partial charge in [0.2, 0.25) is 11.9 Å². The lowest BCUT2D eigenvalue weighted by Gasteiger charge is -2.20. The van der Waals surface area contributed by atoms with Crippen LogP contribution in [0.25, 0.3) is 10.2 Å². The molecule has 4 heterocycles. The number of aromatic nitrogens is 4. The molecule has 3 aromatic rings. The minimum atomic E-state index is 0.0657. The quantitative estimate of drug-likeness (QED) is 0.534. The molecule has 10 heteroatoms. The standard InChI is InChI=1S/C20H23N7O2S/c1-29-9-16(28)27-7-11-12(8-27)17(11)23-20-21-13-4-5-30-18(13)19(24-20)22-15-6-14(25-26-15)10-2-3-10/h4-6,10-12,17H,2-3,7-9H2,1H3,(H3,21,22,23,24,25,26). The fourth-order valence-electron chi connectivity index (χ4n) is 4.44. The Morgan fingerprint density at radius 2 is 2.17 bits per heavy atom. The summed E-state index contributed by atoms with van der Waals surface area (Å²) in [6.45, 7) is 1.70. The minimum absolute atomic E-state index is 0.0657. The van der Waals surface area contributed by atoms with Crippen molar-refractivity contribution in [1.82, 2.24) is 25.1 Å². The number of methoxy groups -OCH3 is 1. The van der Waals surface area contributed by atoms with Crippen molar-refractivity contribution >= 4 is 45.0 Å². The fourth-order valence-corrected chi connectivity index (χ4v) is 5.21. The van der Waals surface area contributed by atoms with Crippen molar-refractivity contribution in [2.75, 3.05) is 37.4 Å². The first kappa shape index (κ1) is 18.1. The summed E-state index contributed by atoms with van der Waals surface area (Å²) < 4.78 is 5.99. The van der Waals surface area contributed by atoms with Gasteiger partial charge in [-0.1, -0.05) is 0 Å². The summed E-state index contributed by atoms with van der Waals surface area (Å²) in [6.07, 6.45) is 2.44. The Bertz CT molecular complexity index is 1100. The highest BCUT2D eigenvalue weighted by Gasteiger charge is 2.57. The molecule has 1 amide bonds. The zero-order valence-electron chi connectivity index (χ0n) is 16.6. The van der Waals surface area contributed by atoms with Crippen LogP contribution in [0, 0.1) is 11.8 Å². The molecule has 1 saturated heterocycles. The molecule has 0 spiro atoms. The van der Waals surface area contributed by atoms with Gasteiger partial charge in [-0.2, -0.15) is 10.1 Å². The van der Waals surface area contributed by atoms with Gasteiger partial charge in [-0.3, -0.25) is 9.89 Å². The zero-order chi connectivity index (χ0) is 20.2. The van der Waals surface area contributed by atoms with Crippen LogP contribution >= 0.6 is 11.3 Å². The maximum absolute atomic E-state index is 12.0. The number of nitrogens with one attached hydrogen (secondary N) is 3. The Kier molecular flexibility index (Phi) is 4.17. The van der Waals surface area contributed by atoms with E-state index in [1.807, 2.05) is 16.3 Å². The van der Waals surface area contributed by atoms with E-state index in [4.69, 9.17) is 14.7 Å². The number of anilines is 3. The predicted octanol–water partition coefficient (Wildman–Crippen LogP) is 2.55. The molecular formula is C20H23N7O2S. The van der Waals surface area contributed by atoms with Crippen LogP contribution in [-0.2, 0) is 9.53 Å². The van der Waals surface area contributed by atoms with Crippen LogP contribution in [0.1, 0.15) is 24.5 Å². The second-order valence-corrected chi connectivity index (χ2v) is 9.28. The monoisotopic (exact) mass is 425 g/mol. The fraction of sp³-hybridized carbons (Fsp3) is 0.500. The number of likely N-dealkylation sites (tertiary alicyclic amines) is 1. The number of carbonyl (C=O) groups is 1. The SMILES string of the molecule is COCC(=O)N1CC2C(C1)C2Nc1nc(Nc2cc(C3CC3)n[nH]2)c2sccc2n1. The van der Waals surface area contributed by atoms with E-state index < -0.39 is 0 Å². The molecule has 3 N–H and O–H groups in total. The number of piperidine rings is 1. The molecule has 0 bridgehead atoms. The lowest BCUT2D eigenvalue weighted by atomic mass is 10.3. The molecule has 1 aliphatic heterocycles. The summed E-state index contributed by atoms with van der Waals surface area (Å²) in [6, 6.07) is 4.40. The number of nitrogens with zero attached hydrogens (tertiary/aromatic N) is 4. The summed E-state index contributed by atoms with van der Waals surface area (Å²) >= 11 is 1.62. The number of thiophene rings is 1. The van der Waals surface area contributed by atoms with E-state index >= 15 is 0 Å². The van der Waals surface area contributed by atoms with Crippen LogP contribution in [0.15, 0.2) is 17.5 Å². The van der Waals surface area contributed by atoms with Crippen LogP contribution in [-0.4, -0.2) is 63.8 Å². The molecule has 156 valence electrons. The Morgan fingerprint density at radius 1 is 1.33 bits per heavy atom. The molecule has 0 radical (unpaired) electrons. The van der Waals surface area contributed by atoms with Gasteiger partial charge in [0.05, 0.1) is 15.9 Å². The van der Waals surface area contributed by atoms with Crippen molar-refractivity contribution in [1.29, 1.82) is 0 Å². The highest BCUT2D eigenvalue weighted by atomic mass is 32.1. The minimum Gasteiger partial charge on any atom is -0.375 e. The average molecular weight is 426 g/mol. The van der Waals surface area contributed by atoms with Crippen molar-refractivity contribution < 1.29 is 9.53 Å². The van der Waals surface area contributed by atoms with Crippen LogP contribution < -0.4 is 10.6 Å². The largest absolute Gasteiger partial charge is 0.375 e. The van der Waals surface area contributed by atoms with Crippen LogP contribution in [0.2, 0.25) is 0 Å². The molecule has 2 saturated carbocycles. The summed E-state index contributed by atoms with van der Waals surface area (Å²) in [5.74, 6) is 3.84. The third kappa shape index (κ3) is 3.20. The molecule has 6 rings (SSSR count). The molecule has 0 aromatic carbocycles. The Hall–Kier alpha value is -2.72. The molecule has 9 nitrogen and oxygen atoms in total. The van der Waals surface area contributed by atoms with Gasteiger partial charge < -0.3 is 20.3 Å². The van der Waals surface area contributed by atoms with Crippen LogP contribution in [0.5, 0.6) is 0 Å². The molecule has 3 fully saturated rings. The normalized spacial score (nSPS) is 24.8. The summed E-state index contributed by atoms with van der Waals surface area (Å²) in [5, 5.41) is 16.4. The summed E-state index contributed by atoms with van der Waals surface area (Å²) in [4.78, 5) is 23.3. The van der Waals surface area contributed by atoms with Crippen molar-refractivity contribution in [3.05, 3.63) is 23.2 Å². The van der Waals surface area contributed by atoms with Crippen LogP contribution in [0.4, 0.5) is 17.6 Å². The van der Waals surface area contributed by atoms with Crippen LogP contribution in [0.3, 0.4) is 0 Å². The van der Waals surface area contributed by atoms with E-state index in [0.29, 0.717) is 29.7 Å². The van der Waals surface area contributed by atoms with Gasteiger partial charge in [0.1, 0.15) is 12.4 Å². The number of hydrogen-bond donors (Lipinski definition) is 3. The van der Waals surface area contributed by atoms with E-state index in [-0.39, 0.29) is 12.5 Å².